The summed E-state index contributed by atoms with van der Waals surface area (Å²) in [5.41, 5.74) is 1.27. The van der Waals surface area contributed by atoms with Crippen molar-refractivity contribution in [3.05, 3.63) is 9.15 Å². The molecule has 0 rings (SSSR count). The van der Waals surface area contributed by atoms with E-state index in [0.29, 0.717) is 5.92 Å². The van der Waals surface area contributed by atoms with Crippen LogP contribution in [0.15, 0.2) is 9.15 Å². The minimum atomic E-state index is -0.242. The summed E-state index contributed by atoms with van der Waals surface area (Å²) in [6, 6.07) is 0. The van der Waals surface area contributed by atoms with Crippen LogP contribution in [0.1, 0.15) is 53.4 Å². The van der Waals surface area contributed by atoms with Crippen LogP contribution in [-0.2, 0) is 0 Å². The minimum absolute atomic E-state index is 0.242. The summed E-state index contributed by atoms with van der Waals surface area (Å²) in [4.78, 5) is 0. The Morgan fingerprint density at radius 1 is 1.14 bits per heavy atom. The van der Waals surface area contributed by atoms with Gasteiger partial charge in [-0.1, -0.05) is 40.5 Å². The molecule has 0 bridgehead atoms. The van der Waals surface area contributed by atoms with Crippen LogP contribution in [-0.4, -0.2) is 11.2 Å². The Kier molecular flexibility index (Phi) is 7.92. The number of rotatable bonds is 6. The van der Waals surface area contributed by atoms with E-state index in [1.165, 1.54) is 9.15 Å². The fourth-order valence-corrected chi connectivity index (χ4v) is 2.62. The van der Waals surface area contributed by atoms with Gasteiger partial charge in [0.15, 0.2) is 0 Å². The zero-order chi connectivity index (χ0) is 11.1. The van der Waals surface area contributed by atoms with E-state index in [4.69, 9.17) is 0 Å². The highest BCUT2D eigenvalue weighted by Gasteiger charge is 2.16. The van der Waals surface area contributed by atoms with E-state index >= 15 is 0 Å². The lowest BCUT2D eigenvalue weighted by Crippen LogP contribution is -2.18. The molecule has 0 aromatic rings. The SMILES string of the molecule is CCC/C(I)=C(\CCC)C(O)C(C)C. The summed E-state index contributed by atoms with van der Waals surface area (Å²) >= 11 is 2.40. The largest absolute Gasteiger partial charge is 0.388 e. The van der Waals surface area contributed by atoms with Gasteiger partial charge in [-0.05, 0) is 50.5 Å². The third-order valence-corrected chi connectivity index (χ3v) is 3.56. The molecule has 1 nitrogen and oxygen atoms in total. The third-order valence-electron chi connectivity index (χ3n) is 2.33. The molecular weight excluding hydrogens is 287 g/mol. The standard InChI is InChI=1S/C12H23IO/c1-5-7-10(11(13)8-6-2)12(14)9(3)4/h9,12,14H,5-8H2,1-4H3/b11-10-. The minimum Gasteiger partial charge on any atom is -0.388 e. The second kappa shape index (κ2) is 7.69. The first-order valence-electron chi connectivity index (χ1n) is 5.60. The van der Waals surface area contributed by atoms with Gasteiger partial charge < -0.3 is 5.11 Å². The van der Waals surface area contributed by atoms with Gasteiger partial charge in [-0.25, -0.2) is 0 Å². The van der Waals surface area contributed by atoms with Crippen molar-refractivity contribution in [1.29, 1.82) is 0 Å². The van der Waals surface area contributed by atoms with E-state index in [0.717, 1.165) is 25.7 Å². The Hall–Kier alpha value is 0.430. The molecule has 0 aliphatic heterocycles. The van der Waals surface area contributed by atoms with E-state index in [1.54, 1.807) is 0 Å². The van der Waals surface area contributed by atoms with E-state index in [2.05, 4.69) is 50.3 Å². The van der Waals surface area contributed by atoms with Crippen molar-refractivity contribution in [3.63, 3.8) is 0 Å². The Morgan fingerprint density at radius 3 is 2.00 bits per heavy atom. The number of hydrogen-bond donors (Lipinski definition) is 1. The van der Waals surface area contributed by atoms with Gasteiger partial charge in [-0.15, -0.1) is 0 Å². The Labute approximate surface area is 102 Å². The molecule has 0 aliphatic rings. The monoisotopic (exact) mass is 310 g/mol. The molecule has 14 heavy (non-hydrogen) atoms. The lowest BCUT2D eigenvalue weighted by molar-refractivity contribution is 0.155. The summed E-state index contributed by atoms with van der Waals surface area (Å²) in [6.07, 6.45) is 4.19. The molecule has 1 N–H and O–H groups in total. The zero-order valence-electron chi connectivity index (χ0n) is 9.81. The molecule has 1 atom stereocenters. The highest BCUT2D eigenvalue weighted by Crippen LogP contribution is 2.27. The average Bonchev–Trinajstić information content (AvgIpc) is 2.13. The first-order chi connectivity index (χ1) is 6.54. The van der Waals surface area contributed by atoms with Gasteiger partial charge in [0.05, 0.1) is 6.10 Å². The molecule has 0 aromatic heterocycles. The van der Waals surface area contributed by atoms with Gasteiger partial charge in [-0.3, -0.25) is 0 Å². The summed E-state index contributed by atoms with van der Waals surface area (Å²) in [5.74, 6) is 0.332. The lowest BCUT2D eigenvalue weighted by Gasteiger charge is -2.20. The van der Waals surface area contributed by atoms with Crippen LogP contribution >= 0.6 is 22.6 Å². The van der Waals surface area contributed by atoms with Crippen molar-refractivity contribution in [2.24, 2.45) is 5.92 Å². The smallest absolute Gasteiger partial charge is 0.0783 e. The maximum Gasteiger partial charge on any atom is 0.0783 e. The molecule has 0 aliphatic carbocycles. The van der Waals surface area contributed by atoms with Crippen molar-refractivity contribution in [2.75, 3.05) is 0 Å². The van der Waals surface area contributed by atoms with Gasteiger partial charge in [-0.2, -0.15) is 0 Å². The number of allylic oxidation sites excluding steroid dienone is 1. The third kappa shape index (κ3) is 4.78. The van der Waals surface area contributed by atoms with Crippen LogP contribution in [0.25, 0.3) is 0 Å². The zero-order valence-corrected chi connectivity index (χ0v) is 12.0. The molecule has 0 amide bonds. The van der Waals surface area contributed by atoms with E-state index in [9.17, 15) is 5.11 Å². The second-order valence-corrected chi connectivity index (χ2v) is 5.42. The van der Waals surface area contributed by atoms with Gasteiger partial charge >= 0.3 is 0 Å². The van der Waals surface area contributed by atoms with Crippen LogP contribution in [0.5, 0.6) is 0 Å². The molecule has 0 heterocycles. The topological polar surface area (TPSA) is 20.2 Å². The molecule has 0 saturated heterocycles. The molecule has 0 radical (unpaired) electrons. The second-order valence-electron chi connectivity index (χ2n) is 4.12. The average molecular weight is 310 g/mol. The normalized spacial score (nSPS) is 15.6. The van der Waals surface area contributed by atoms with E-state index in [-0.39, 0.29) is 6.10 Å². The van der Waals surface area contributed by atoms with Crippen molar-refractivity contribution in [3.8, 4) is 0 Å². The molecule has 0 spiro atoms. The summed E-state index contributed by atoms with van der Waals surface area (Å²) in [6.45, 7) is 8.51. The Bertz CT molecular complexity index is 185. The molecular formula is C12H23IO. The summed E-state index contributed by atoms with van der Waals surface area (Å²) < 4.78 is 1.37. The molecule has 0 saturated carbocycles. The highest BCUT2D eigenvalue weighted by atomic mass is 127. The molecule has 0 aromatic carbocycles. The van der Waals surface area contributed by atoms with Crippen molar-refractivity contribution < 1.29 is 5.11 Å². The van der Waals surface area contributed by atoms with Gasteiger partial charge in [0.25, 0.3) is 0 Å². The number of aliphatic hydroxyl groups is 1. The van der Waals surface area contributed by atoms with Gasteiger partial charge in [0, 0.05) is 0 Å². The first kappa shape index (κ1) is 14.4. The first-order valence-corrected chi connectivity index (χ1v) is 6.67. The van der Waals surface area contributed by atoms with Crippen LogP contribution in [0.3, 0.4) is 0 Å². The van der Waals surface area contributed by atoms with Gasteiger partial charge in [0.2, 0.25) is 0 Å². The molecule has 84 valence electrons. The summed E-state index contributed by atoms with van der Waals surface area (Å²) in [7, 11) is 0. The van der Waals surface area contributed by atoms with Crippen molar-refractivity contribution in [2.45, 2.75) is 59.5 Å². The van der Waals surface area contributed by atoms with Crippen LogP contribution in [0.4, 0.5) is 0 Å². The lowest BCUT2D eigenvalue weighted by atomic mass is 9.94. The van der Waals surface area contributed by atoms with Crippen LogP contribution in [0, 0.1) is 5.92 Å². The maximum atomic E-state index is 10.1. The maximum absolute atomic E-state index is 10.1. The fraction of sp³-hybridized carbons (Fsp3) is 0.833. The highest BCUT2D eigenvalue weighted by molar-refractivity contribution is 14.1. The van der Waals surface area contributed by atoms with Gasteiger partial charge in [0.1, 0.15) is 0 Å². The molecule has 0 fully saturated rings. The number of hydrogen-bond acceptors (Lipinski definition) is 1. The number of aliphatic hydroxyl groups excluding tert-OH is 1. The fourth-order valence-electron chi connectivity index (χ4n) is 1.50. The summed E-state index contributed by atoms with van der Waals surface area (Å²) in [5, 5.41) is 10.1. The van der Waals surface area contributed by atoms with Crippen LogP contribution < -0.4 is 0 Å². The van der Waals surface area contributed by atoms with Crippen molar-refractivity contribution in [1.82, 2.24) is 0 Å². The Morgan fingerprint density at radius 2 is 1.64 bits per heavy atom. The van der Waals surface area contributed by atoms with E-state index < -0.39 is 0 Å². The predicted octanol–water partition coefficient (Wildman–Crippen LogP) is 4.29. The molecule has 1 unspecified atom stereocenters. The van der Waals surface area contributed by atoms with Crippen molar-refractivity contribution >= 4 is 22.6 Å². The number of halogens is 1. The predicted molar refractivity (Wildman–Crippen MR) is 71.7 cm³/mol. The Balaban J connectivity index is 4.63. The quantitative estimate of drug-likeness (QED) is 0.726. The molecule has 2 heteroatoms. The van der Waals surface area contributed by atoms with E-state index in [1.807, 2.05) is 0 Å². The van der Waals surface area contributed by atoms with Crippen LogP contribution in [0.2, 0.25) is 0 Å².